The van der Waals surface area contributed by atoms with Gasteiger partial charge in [0.25, 0.3) is 5.22 Å². The van der Waals surface area contributed by atoms with Crippen LogP contribution in [0.5, 0.6) is 0 Å². The number of anilines is 1. The van der Waals surface area contributed by atoms with Crippen molar-refractivity contribution in [3.05, 3.63) is 46.1 Å². The molecule has 4 rings (SSSR count). The summed E-state index contributed by atoms with van der Waals surface area (Å²) in [5.74, 6) is 0.823. The van der Waals surface area contributed by atoms with Gasteiger partial charge in [-0.05, 0) is 50.5 Å². The largest absolute Gasteiger partial charge is 0.411 e. The lowest BCUT2D eigenvalue weighted by Crippen LogP contribution is -2.21. The van der Waals surface area contributed by atoms with E-state index in [9.17, 15) is 10.1 Å². The predicted molar refractivity (Wildman–Crippen MR) is 125 cm³/mol. The first kappa shape index (κ1) is 22.4. The zero-order valence-electron chi connectivity index (χ0n) is 18.0. The summed E-state index contributed by atoms with van der Waals surface area (Å²) in [5, 5.41) is 21.6. The van der Waals surface area contributed by atoms with E-state index < -0.39 is 0 Å². The molecule has 3 aromatic rings. The number of hydrogen-bond acceptors (Lipinski definition) is 6. The van der Waals surface area contributed by atoms with Crippen molar-refractivity contribution in [1.29, 1.82) is 5.26 Å². The molecule has 0 unspecified atom stereocenters. The van der Waals surface area contributed by atoms with Gasteiger partial charge in [0.15, 0.2) is 0 Å². The minimum absolute atomic E-state index is 0.0932. The molecular weight excluding hydrogens is 446 g/mol. The third-order valence-corrected chi connectivity index (χ3v) is 6.92. The van der Waals surface area contributed by atoms with E-state index in [-0.39, 0.29) is 11.7 Å². The lowest BCUT2D eigenvalue weighted by Gasteiger charge is -2.27. The molecule has 9 heteroatoms. The van der Waals surface area contributed by atoms with E-state index in [2.05, 4.69) is 26.2 Å². The molecule has 0 bridgehead atoms. The van der Waals surface area contributed by atoms with Crippen molar-refractivity contribution >= 4 is 35.1 Å². The summed E-state index contributed by atoms with van der Waals surface area (Å²) in [4.78, 5) is 12.8. The molecule has 166 valence electrons. The van der Waals surface area contributed by atoms with Gasteiger partial charge in [-0.3, -0.25) is 4.79 Å². The number of aromatic nitrogens is 3. The van der Waals surface area contributed by atoms with Gasteiger partial charge < -0.3 is 14.3 Å². The van der Waals surface area contributed by atoms with E-state index in [1.807, 2.05) is 19.9 Å². The summed E-state index contributed by atoms with van der Waals surface area (Å²) in [5.41, 5.74) is 3.22. The topological polar surface area (TPSA) is 96.7 Å². The van der Waals surface area contributed by atoms with Gasteiger partial charge in [-0.25, -0.2) is 0 Å². The molecule has 0 radical (unpaired) electrons. The van der Waals surface area contributed by atoms with Crippen LogP contribution in [0.3, 0.4) is 0 Å². The van der Waals surface area contributed by atoms with Crippen LogP contribution >= 0.6 is 23.4 Å². The molecule has 1 aromatic carbocycles. The summed E-state index contributed by atoms with van der Waals surface area (Å²) in [6.07, 6.45) is 5.69. The van der Waals surface area contributed by atoms with Crippen LogP contribution in [0.4, 0.5) is 5.82 Å². The van der Waals surface area contributed by atoms with Gasteiger partial charge in [0.05, 0.1) is 11.3 Å². The molecule has 32 heavy (non-hydrogen) atoms. The smallest absolute Gasteiger partial charge is 0.277 e. The van der Waals surface area contributed by atoms with Crippen molar-refractivity contribution in [2.24, 2.45) is 0 Å². The molecule has 1 saturated carbocycles. The van der Waals surface area contributed by atoms with E-state index in [4.69, 9.17) is 16.0 Å². The quantitative estimate of drug-likeness (QED) is 0.450. The van der Waals surface area contributed by atoms with Crippen molar-refractivity contribution in [1.82, 2.24) is 14.8 Å². The maximum atomic E-state index is 12.8. The Kier molecular flexibility index (Phi) is 6.87. The summed E-state index contributed by atoms with van der Waals surface area (Å²) in [7, 11) is 0. The van der Waals surface area contributed by atoms with Crippen LogP contribution in [0.1, 0.15) is 55.0 Å². The Morgan fingerprint density at radius 1 is 1.31 bits per heavy atom. The first-order chi connectivity index (χ1) is 15.5. The number of rotatable bonds is 6. The Labute approximate surface area is 196 Å². The van der Waals surface area contributed by atoms with Crippen LogP contribution < -0.4 is 5.32 Å². The molecule has 0 atom stereocenters. The zero-order chi connectivity index (χ0) is 22.7. The van der Waals surface area contributed by atoms with Crippen molar-refractivity contribution < 1.29 is 9.21 Å². The van der Waals surface area contributed by atoms with Crippen LogP contribution in [-0.4, -0.2) is 26.4 Å². The number of nitrogens with zero attached hydrogens (tertiary/aromatic N) is 4. The molecule has 2 aromatic heterocycles. The van der Waals surface area contributed by atoms with Crippen molar-refractivity contribution in [3.8, 4) is 17.5 Å². The first-order valence-corrected chi connectivity index (χ1v) is 12.0. The van der Waals surface area contributed by atoms with Crippen LogP contribution in [-0.2, 0) is 4.79 Å². The number of halogens is 1. The SMILES string of the molecule is Cc1c(C#N)c(NC(=O)CSc2nnc(-c3cccc(Cl)c3)o2)n(C2CCCCC2)c1C. The molecule has 7 nitrogen and oxygen atoms in total. The summed E-state index contributed by atoms with van der Waals surface area (Å²) < 4.78 is 7.81. The standard InChI is InChI=1S/C23H24ClN5O2S/c1-14-15(2)29(18-9-4-3-5-10-18)21(19(14)12-25)26-20(30)13-32-23-28-27-22(31-23)16-7-6-8-17(24)11-16/h6-8,11,18H,3-5,9-10,13H2,1-2H3,(H,26,30). The van der Waals surface area contributed by atoms with Crippen molar-refractivity contribution in [2.75, 3.05) is 11.1 Å². The van der Waals surface area contributed by atoms with Crippen LogP contribution in [0, 0.1) is 25.2 Å². The maximum absolute atomic E-state index is 12.8. The van der Waals surface area contributed by atoms with Gasteiger partial charge in [-0.1, -0.05) is 48.7 Å². The second-order valence-corrected chi connectivity index (χ2v) is 9.29. The molecule has 2 heterocycles. The normalized spacial score (nSPS) is 14.3. The number of carbonyl (C=O) groups excluding carboxylic acids is 1. The number of nitrogens with one attached hydrogen (secondary N) is 1. The third kappa shape index (κ3) is 4.69. The van der Waals surface area contributed by atoms with Gasteiger partial charge in [0.1, 0.15) is 11.9 Å². The Hall–Kier alpha value is -2.76. The number of benzene rings is 1. The van der Waals surface area contributed by atoms with Crippen LogP contribution in [0.2, 0.25) is 5.02 Å². The third-order valence-electron chi connectivity index (χ3n) is 5.87. The monoisotopic (exact) mass is 469 g/mol. The van der Waals surface area contributed by atoms with E-state index in [1.165, 1.54) is 19.3 Å². The molecule has 1 amide bonds. The number of nitriles is 1. The lowest BCUT2D eigenvalue weighted by molar-refractivity contribution is -0.113. The average Bonchev–Trinajstić information content (AvgIpc) is 3.36. The molecule has 0 spiro atoms. The Morgan fingerprint density at radius 3 is 2.81 bits per heavy atom. The number of thioether (sulfide) groups is 1. The fraction of sp³-hybridized carbons (Fsp3) is 0.391. The highest BCUT2D eigenvalue weighted by Gasteiger charge is 2.26. The molecule has 1 aliphatic carbocycles. The Balaban J connectivity index is 1.47. The van der Waals surface area contributed by atoms with Gasteiger partial charge in [0, 0.05) is 22.3 Å². The van der Waals surface area contributed by atoms with E-state index >= 15 is 0 Å². The maximum Gasteiger partial charge on any atom is 0.277 e. The van der Waals surface area contributed by atoms with Gasteiger partial charge in [-0.15, -0.1) is 10.2 Å². The highest BCUT2D eigenvalue weighted by atomic mass is 35.5. The summed E-state index contributed by atoms with van der Waals surface area (Å²) >= 11 is 7.17. The second-order valence-electron chi connectivity index (χ2n) is 7.93. The second kappa shape index (κ2) is 9.80. The van der Waals surface area contributed by atoms with Crippen molar-refractivity contribution in [2.45, 2.75) is 57.2 Å². The summed E-state index contributed by atoms with van der Waals surface area (Å²) in [6, 6.07) is 9.72. The molecule has 1 fully saturated rings. The highest BCUT2D eigenvalue weighted by Crippen LogP contribution is 2.37. The number of carbonyl (C=O) groups is 1. The number of amides is 1. The zero-order valence-corrected chi connectivity index (χ0v) is 19.6. The van der Waals surface area contributed by atoms with Crippen LogP contribution in [0.25, 0.3) is 11.5 Å². The molecule has 1 N–H and O–H groups in total. The Bertz CT molecular complexity index is 1170. The van der Waals surface area contributed by atoms with Crippen molar-refractivity contribution in [3.63, 3.8) is 0 Å². The Morgan fingerprint density at radius 2 is 2.09 bits per heavy atom. The van der Waals surface area contributed by atoms with Gasteiger partial charge in [0.2, 0.25) is 11.8 Å². The number of hydrogen-bond donors (Lipinski definition) is 1. The van der Waals surface area contributed by atoms with Crippen LogP contribution in [0.15, 0.2) is 33.9 Å². The van der Waals surface area contributed by atoms with E-state index in [1.54, 1.807) is 18.2 Å². The fourth-order valence-electron chi connectivity index (χ4n) is 4.18. The highest BCUT2D eigenvalue weighted by molar-refractivity contribution is 7.99. The van der Waals surface area contributed by atoms with Gasteiger partial charge in [-0.2, -0.15) is 5.26 Å². The first-order valence-electron chi connectivity index (χ1n) is 10.6. The summed E-state index contributed by atoms with van der Waals surface area (Å²) in [6.45, 7) is 3.96. The fourth-order valence-corrected chi connectivity index (χ4v) is 4.94. The molecule has 1 aliphatic rings. The molecular formula is C23H24ClN5O2S. The average molecular weight is 470 g/mol. The van der Waals surface area contributed by atoms with E-state index in [0.29, 0.717) is 33.6 Å². The minimum atomic E-state index is -0.219. The molecule has 0 aliphatic heterocycles. The predicted octanol–water partition coefficient (Wildman–Crippen LogP) is 5.92. The minimum Gasteiger partial charge on any atom is -0.411 e. The lowest BCUT2D eigenvalue weighted by atomic mass is 9.95. The van der Waals surface area contributed by atoms with E-state index in [0.717, 1.165) is 41.4 Å². The molecule has 0 saturated heterocycles. The van der Waals surface area contributed by atoms with Gasteiger partial charge >= 0.3 is 0 Å².